The van der Waals surface area contributed by atoms with Crippen LogP contribution in [0.5, 0.6) is 0 Å². The van der Waals surface area contributed by atoms with Crippen LogP contribution < -0.4 is 5.32 Å². The van der Waals surface area contributed by atoms with Gasteiger partial charge in [0.15, 0.2) is 0 Å². The van der Waals surface area contributed by atoms with Crippen LogP contribution in [0, 0.1) is 18.6 Å². The number of carbonyl (C=O) groups excluding carboxylic acids is 1. The van der Waals surface area contributed by atoms with E-state index in [9.17, 15) is 13.6 Å². The predicted molar refractivity (Wildman–Crippen MR) is 106 cm³/mol. The van der Waals surface area contributed by atoms with E-state index in [-0.39, 0.29) is 0 Å². The number of thiophene rings is 1. The van der Waals surface area contributed by atoms with E-state index in [0.717, 1.165) is 38.7 Å². The fraction of sp³-hybridized carbons (Fsp3) is 0.0476. The van der Waals surface area contributed by atoms with Crippen molar-refractivity contribution in [2.75, 3.05) is 5.32 Å². The molecule has 0 aliphatic heterocycles. The van der Waals surface area contributed by atoms with E-state index in [1.807, 2.05) is 19.1 Å². The van der Waals surface area contributed by atoms with Crippen LogP contribution in [0.15, 0.2) is 61.1 Å². The van der Waals surface area contributed by atoms with Gasteiger partial charge in [0.2, 0.25) is 0 Å². The van der Waals surface area contributed by atoms with E-state index in [1.54, 1.807) is 36.0 Å². The molecule has 2 aromatic heterocycles. The van der Waals surface area contributed by atoms with Gasteiger partial charge in [-0.15, -0.1) is 11.3 Å². The zero-order chi connectivity index (χ0) is 19.7. The minimum absolute atomic E-state index is 0.457. The molecule has 2 N–H and O–H groups in total. The summed E-state index contributed by atoms with van der Waals surface area (Å²) in [4.78, 5) is 21.6. The zero-order valence-electron chi connectivity index (χ0n) is 14.8. The third-order valence-corrected chi connectivity index (χ3v) is 5.41. The third-order valence-electron chi connectivity index (χ3n) is 4.33. The van der Waals surface area contributed by atoms with Gasteiger partial charge < -0.3 is 10.3 Å². The summed E-state index contributed by atoms with van der Waals surface area (Å²) in [6.45, 7) is 2.04. The van der Waals surface area contributed by atoms with Gasteiger partial charge in [-0.2, -0.15) is 0 Å². The average Bonchev–Trinajstić information content (AvgIpc) is 3.32. The van der Waals surface area contributed by atoms with E-state index < -0.39 is 23.1 Å². The lowest BCUT2D eigenvalue weighted by molar-refractivity contribution is 0.101. The Hall–Kier alpha value is -3.32. The number of H-pyrrole nitrogens is 1. The summed E-state index contributed by atoms with van der Waals surface area (Å²) in [5, 5.41) is 2.53. The van der Waals surface area contributed by atoms with Crippen molar-refractivity contribution in [3.8, 4) is 21.7 Å². The maximum atomic E-state index is 13.7. The van der Waals surface area contributed by atoms with Crippen molar-refractivity contribution in [1.82, 2.24) is 9.97 Å². The highest BCUT2D eigenvalue weighted by Gasteiger charge is 2.17. The van der Waals surface area contributed by atoms with E-state index in [4.69, 9.17) is 0 Å². The number of carbonyl (C=O) groups is 1. The van der Waals surface area contributed by atoms with Crippen LogP contribution >= 0.6 is 11.3 Å². The first-order valence-corrected chi connectivity index (χ1v) is 9.29. The van der Waals surface area contributed by atoms with Crippen LogP contribution in [0.25, 0.3) is 21.7 Å². The van der Waals surface area contributed by atoms with Gasteiger partial charge in [0.05, 0.1) is 23.1 Å². The Morgan fingerprint density at radius 1 is 1.11 bits per heavy atom. The molecule has 0 bridgehead atoms. The molecule has 0 atom stereocenters. The van der Waals surface area contributed by atoms with E-state index in [2.05, 4.69) is 21.4 Å². The fourth-order valence-corrected chi connectivity index (χ4v) is 3.95. The van der Waals surface area contributed by atoms with Gasteiger partial charge in [0.25, 0.3) is 5.91 Å². The van der Waals surface area contributed by atoms with Crippen molar-refractivity contribution in [3.05, 3.63) is 83.1 Å². The number of aryl methyl sites for hydroxylation is 1. The minimum atomic E-state index is -0.894. The summed E-state index contributed by atoms with van der Waals surface area (Å²) in [6, 6.07) is 12.5. The van der Waals surface area contributed by atoms with Crippen molar-refractivity contribution in [3.63, 3.8) is 0 Å². The maximum Gasteiger partial charge on any atom is 0.261 e. The highest BCUT2D eigenvalue weighted by molar-refractivity contribution is 7.15. The van der Waals surface area contributed by atoms with Gasteiger partial charge in [-0.25, -0.2) is 13.8 Å². The number of aromatic amines is 1. The average molecular weight is 395 g/mol. The SMILES string of the molecule is Cc1sc(-c2cnc[nH]2)cc1-c1ccc(NC(=O)c2c(F)cccc2F)cc1. The highest BCUT2D eigenvalue weighted by Crippen LogP contribution is 2.36. The number of benzene rings is 2. The number of hydrogen-bond acceptors (Lipinski definition) is 3. The number of anilines is 1. The molecule has 4 nitrogen and oxygen atoms in total. The molecule has 0 fully saturated rings. The van der Waals surface area contributed by atoms with Crippen molar-refractivity contribution >= 4 is 22.9 Å². The second-order valence-electron chi connectivity index (χ2n) is 6.17. The molecule has 4 rings (SSSR count). The number of imidazole rings is 1. The second kappa shape index (κ2) is 7.36. The summed E-state index contributed by atoms with van der Waals surface area (Å²) in [5.41, 5.74) is 2.87. The number of hydrogen-bond donors (Lipinski definition) is 2. The number of halogens is 2. The molecule has 0 unspecified atom stereocenters. The summed E-state index contributed by atoms with van der Waals surface area (Å²) >= 11 is 1.66. The molecule has 0 aliphatic carbocycles. The monoisotopic (exact) mass is 395 g/mol. The van der Waals surface area contributed by atoms with E-state index in [0.29, 0.717) is 5.69 Å². The normalized spacial score (nSPS) is 10.8. The summed E-state index contributed by atoms with van der Waals surface area (Å²) in [6.07, 6.45) is 3.41. The smallest absolute Gasteiger partial charge is 0.261 e. The number of amides is 1. The van der Waals surface area contributed by atoms with Gasteiger partial charge in [-0.05, 0) is 48.4 Å². The fourth-order valence-electron chi connectivity index (χ4n) is 2.93. The van der Waals surface area contributed by atoms with Crippen LogP contribution in [-0.4, -0.2) is 15.9 Å². The second-order valence-corrected chi connectivity index (χ2v) is 7.43. The molecular weight excluding hydrogens is 380 g/mol. The van der Waals surface area contributed by atoms with Crippen molar-refractivity contribution < 1.29 is 13.6 Å². The minimum Gasteiger partial charge on any atom is -0.344 e. The Kier molecular flexibility index (Phi) is 4.75. The van der Waals surface area contributed by atoms with Crippen molar-refractivity contribution in [2.45, 2.75) is 6.92 Å². The molecule has 7 heteroatoms. The highest BCUT2D eigenvalue weighted by atomic mass is 32.1. The molecule has 2 aromatic carbocycles. The molecule has 0 saturated heterocycles. The van der Waals surface area contributed by atoms with Crippen LogP contribution in [0.2, 0.25) is 0 Å². The number of aromatic nitrogens is 2. The molecule has 0 saturated carbocycles. The van der Waals surface area contributed by atoms with Crippen molar-refractivity contribution in [1.29, 1.82) is 0 Å². The van der Waals surface area contributed by atoms with Gasteiger partial charge in [-0.3, -0.25) is 4.79 Å². The van der Waals surface area contributed by atoms with Gasteiger partial charge in [-0.1, -0.05) is 18.2 Å². The van der Waals surface area contributed by atoms with E-state index in [1.165, 1.54) is 6.07 Å². The molecule has 0 aliphatic rings. The van der Waals surface area contributed by atoms with Crippen LogP contribution in [-0.2, 0) is 0 Å². The predicted octanol–water partition coefficient (Wildman–Crippen LogP) is 5.64. The molecule has 140 valence electrons. The standard InChI is InChI=1S/C21H15F2N3OS/c1-12-15(9-19(28-12)18-10-24-11-25-18)13-5-7-14(8-6-13)26-21(27)20-16(22)3-2-4-17(20)23/h2-11H,1H3,(H,24,25)(H,26,27). The van der Waals surface area contributed by atoms with E-state index >= 15 is 0 Å². The van der Waals surface area contributed by atoms with Crippen LogP contribution in [0.4, 0.5) is 14.5 Å². The topological polar surface area (TPSA) is 57.8 Å². The molecule has 0 spiro atoms. The summed E-state index contributed by atoms with van der Waals surface area (Å²) in [5.74, 6) is -2.61. The number of nitrogens with one attached hydrogen (secondary N) is 2. The first-order valence-electron chi connectivity index (χ1n) is 8.48. The first kappa shape index (κ1) is 18.1. The quantitative estimate of drug-likeness (QED) is 0.469. The number of nitrogens with zero attached hydrogens (tertiary/aromatic N) is 1. The Bertz CT molecular complexity index is 1110. The Morgan fingerprint density at radius 2 is 1.82 bits per heavy atom. The summed E-state index contributed by atoms with van der Waals surface area (Å²) in [7, 11) is 0. The van der Waals surface area contributed by atoms with Gasteiger partial charge in [0.1, 0.15) is 17.2 Å². The zero-order valence-corrected chi connectivity index (χ0v) is 15.6. The largest absolute Gasteiger partial charge is 0.344 e. The molecule has 2 heterocycles. The maximum absolute atomic E-state index is 13.7. The molecule has 4 aromatic rings. The molecule has 28 heavy (non-hydrogen) atoms. The first-order chi connectivity index (χ1) is 13.5. The summed E-state index contributed by atoms with van der Waals surface area (Å²) < 4.78 is 27.5. The van der Waals surface area contributed by atoms with Gasteiger partial charge in [0, 0.05) is 10.6 Å². The lowest BCUT2D eigenvalue weighted by Crippen LogP contribution is -2.15. The van der Waals surface area contributed by atoms with Crippen LogP contribution in [0.1, 0.15) is 15.2 Å². The van der Waals surface area contributed by atoms with Gasteiger partial charge >= 0.3 is 0 Å². The molecular formula is C21H15F2N3OS. The Morgan fingerprint density at radius 3 is 2.46 bits per heavy atom. The lowest BCUT2D eigenvalue weighted by atomic mass is 10.1. The lowest BCUT2D eigenvalue weighted by Gasteiger charge is -2.08. The molecule has 1 amide bonds. The third kappa shape index (κ3) is 3.44. The van der Waals surface area contributed by atoms with Crippen LogP contribution in [0.3, 0.4) is 0 Å². The number of rotatable bonds is 4. The Labute approximate surface area is 163 Å². The molecule has 0 radical (unpaired) electrons. The van der Waals surface area contributed by atoms with Crippen molar-refractivity contribution in [2.24, 2.45) is 0 Å². The Balaban J connectivity index is 1.56.